The summed E-state index contributed by atoms with van der Waals surface area (Å²) in [5.74, 6) is 1.57. The van der Waals surface area contributed by atoms with Gasteiger partial charge in [0.15, 0.2) is 0 Å². The molecule has 0 aliphatic carbocycles. The quantitative estimate of drug-likeness (QED) is 0.376. The fourth-order valence-corrected chi connectivity index (χ4v) is 12.4. The summed E-state index contributed by atoms with van der Waals surface area (Å²) in [7, 11) is -7.08. The third-order valence-corrected chi connectivity index (χ3v) is 14.0. The van der Waals surface area contributed by atoms with Gasteiger partial charge in [0.2, 0.25) is 20.0 Å². The molecule has 0 aromatic heterocycles. The van der Waals surface area contributed by atoms with Crippen LogP contribution in [0.3, 0.4) is 0 Å². The van der Waals surface area contributed by atoms with Gasteiger partial charge in [-0.3, -0.25) is 0 Å². The van der Waals surface area contributed by atoms with Crippen molar-refractivity contribution in [3.63, 3.8) is 0 Å². The van der Waals surface area contributed by atoms with Crippen molar-refractivity contribution in [2.75, 3.05) is 24.6 Å². The Morgan fingerprint density at radius 1 is 0.595 bits per heavy atom. The molecule has 0 N–H and O–H groups in total. The first-order chi connectivity index (χ1) is 17.9. The van der Waals surface area contributed by atoms with E-state index in [4.69, 9.17) is 0 Å². The summed E-state index contributed by atoms with van der Waals surface area (Å²) in [6, 6.07) is 22.8. The lowest BCUT2D eigenvalue weighted by Gasteiger charge is -2.24. The van der Waals surface area contributed by atoms with Gasteiger partial charge in [-0.2, -0.15) is 8.61 Å². The number of nitrogens with zero attached hydrogens (tertiary/aromatic N) is 2. The van der Waals surface area contributed by atoms with Crippen LogP contribution < -0.4 is 0 Å². The molecule has 0 saturated carbocycles. The summed E-state index contributed by atoms with van der Waals surface area (Å²) in [4.78, 5) is 0.824. The lowest BCUT2D eigenvalue weighted by atomic mass is 10.1. The highest BCUT2D eigenvalue weighted by molar-refractivity contribution is 8.01. The zero-order chi connectivity index (χ0) is 25.6. The molecule has 0 radical (unpaired) electrons. The maximum atomic E-state index is 13.4. The van der Waals surface area contributed by atoms with E-state index in [2.05, 4.69) is 0 Å². The Labute approximate surface area is 227 Å². The molecule has 4 heterocycles. The predicted molar refractivity (Wildman–Crippen MR) is 150 cm³/mol. The van der Waals surface area contributed by atoms with Gasteiger partial charge in [0, 0.05) is 24.2 Å². The molecule has 0 saturated heterocycles. The SMILES string of the molecule is O=S1(=O)c2ccccc2[C@@H]2SCCCS[C@H]3c4ccccc4S(=O)(=O)N3CCc3ccc(cc3)CCN21. The number of thioether (sulfide) groups is 2. The highest BCUT2D eigenvalue weighted by Gasteiger charge is 2.43. The smallest absolute Gasteiger partial charge is 0.207 e. The zero-order valence-corrected chi connectivity index (χ0v) is 23.5. The average molecular weight is 573 g/mol. The van der Waals surface area contributed by atoms with Crippen LogP contribution in [-0.2, 0) is 32.9 Å². The summed E-state index contributed by atoms with van der Waals surface area (Å²) >= 11 is 3.32. The first-order valence-corrected chi connectivity index (χ1v) is 17.4. The molecule has 2 bridgehead atoms. The van der Waals surface area contributed by atoms with Crippen LogP contribution in [0.15, 0.2) is 82.6 Å². The minimum absolute atomic E-state index is 0.245. The number of benzene rings is 3. The van der Waals surface area contributed by atoms with Crippen molar-refractivity contribution in [1.29, 1.82) is 0 Å². The summed E-state index contributed by atoms with van der Waals surface area (Å²) in [5, 5.41) is -0.490. The first-order valence-electron chi connectivity index (χ1n) is 12.4. The van der Waals surface area contributed by atoms with E-state index < -0.39 is 20.0 Å². The second kappa shape index (κ2) is 10.1. The second-order valence-electron chi connectivity index (χ2n) is 9.42. The Bertz CT molecular complexity index is 1410. The monoisotopic (exact) mass is 572 g/mol. The zero-order valence-electron chi connectivity index (χ0n) is 20.2. The molecule has 4 aliphatic rings. The van der Waals surface area contributed by atoms with Gasteiger partial charge < -0.3 is 0 Å². The van der Waals surface area contributed by atoms with E-state index in [1.165, 1.54) is 0 Å². The average Bonchev–Trinajstić information content (AvgIpc) is 3.25. The number of hydrogen-bond acceptors (Lipinski definition) is 6. The van der Waals surface area contributed by atoms with Crippen LogP contribution in [0.2, 0.25) is 0 Å². The molecule has 6 nitrogen and oxygen atoms in total. The van der Waals surface area contributed by atoms with Gasteiger partial charge in [-0.15, -0.1) is 23.5 Å². The number of sulfonamides is 2. The van der Waals surface area contributed by atoms with Crippen LogP contribution in [0, 0.1) is 0 Å². The van der Waals surface area contributed by atoms with Crippen molar-refractivity contribution in [2.45, 2.75) is 39.8 Å². The molecule has 0 fully saturated rings. The summed E-state index contributed by atoms with van der Waals surface area (Å²) in [5.41, 5.74) is 3.85. The van der Waals surface area contributed by atoms with Crippen LogP contribution in [0.5, 0.6) is 0 Å². The standard InChI is InChI=1S/C27H28N2O4S4/c30-36(31)24-8-3-1-6-22(24)26-28(36)16-14-20-10-12-21(13-11-20)15-17-29-27(35-19-5-18-34-26)23-7-2-4-9-25(23)37(29,32)33/h1-4,6-13,26-27H,5,14-19H2/t26-,27-/m0/s1. The summed E-state index contributed by atoms with van der Waals surface area (Å²) < 4.78 is 56.9. The van der Waals surface area contributed by atoms with Gasteiger partial charge in [0.25, 0.3) is 0 Å². The molecule has 0 spiro atoms. The number of hydrogen-bond donors (Lipinski definition) is 0. The maximum absolute atomic E-state index is 13.4. The van der Waals surface area contributed by atoms with E-state index in [9.17, 15) is 16.8 Å². The normalized spacial score (nSPS) is 25.5. The Kier molecular flexibility index (Phi) is 6.92. The molecule has 0 unspecified atom stereocenters. The fourth-order valence-electron chi connectivity index (χ4n) is 5.27. The van der Waals surface area contributed by atoms with Gasteiger partial charge in [-0.05, 0) is 54.0 Å². The lowest BCUT2D eigenvalue weighted by Crippen LogP contribution is -2.29. The topological polar surface area (TPSA) is 74.8 Å². The van der Waals surface area contributed by atoms with Gasteiger partial charge in [0.05, 0.1) is 20.5 Å². The molecule has 3 aromatic carbocycles. The molecular formula is C27H28N2O4S4. The Hall–Kier alpha value is -1.82. The van der Waals surface area contributed by atoms with E-state index in [0.717, 1.165) is 40.2 Å². The van der Waals surface area contributed by atoms with Crippen molar-refractivity contribution in [1.82, 2.24) is 8.61 Å². The molecule has 194 valence electrons. The molecule has 3 aromatic rings. The fraction of sp³-hybridized carbons (Fsp3) is 0.333. The number of fused-ring (bicyclic) bond motifs is 10. The Morgan fingerprint density at radius 2 is 1.00 bits per heavy atom. The molecule has 4 aliphatic heterocycles. The van der Waals surface area contributed by atoms with Crippen LogP contribution in [0.1, 0.15) is 39.4 Å². The van der Waals surface area contributed by atoms with Crippen LogP contribution in [0.4, 0.5) is 0 Å². The highest BCUT2D eigenvalue weighted by Crippen LogP contribution is 2.48. The lowest BCUT2D eigenvalue weighted by molar-refractivity contribution is 0.419. The van der Waals surface area contributed by atoms with Gasteiger partial charge in [0.1, 0.15) is 0 Å². The summed E-state index contributed by atoms with van der Waals surface area (Å²) in [6.07, 6.45) is 2.10. The van der Waals surface area contributed by atoms with E-state index in [-0.39, 0.29) is 10.7 Å². The van der Waals surface area contributed by atoms with Crippen molar-refractivity contribution in [2.24, 2.45) is 0 Å². The summed E-state index contributed by atoms with van der Waals surface area (Å²) in [6.45, 7) is 0.849. The van der Waals surface area contributed by atoms with Crippen molar-refractivity contribution < 1.29 is 16.8 Å². The van der Waals surface area contributed by atoms with E-state index in [1.807, 2.05) is 48.5 Å². The number of rotatable bonds is 0. The van der Waals surface area contributed by atoms with E-state index >= 15 is 0 Å². The Morgan fingerprint density at radius 3 is 1.43 bits per heavy atom. The third-order valence-electron chi connectivity index (χ3n) is 7.17. The maximum Gasteiger partial charge on any atom is 0.244 e. The van der Waals surface area contributed by atoms with Gasteiger partial charge in [-0.1, -0.05) is 60.7 Å². The molecule has 2 atom stereocenters. The predicted octanol–water partition coefficient (Wildman–Crippen LogP) is 5.05. The first kappa shape index (κ1) is 25.5. The van der Waals surface area contributed by atoms with Crippen LogP contribution in [-0.4, -0.2) is 50.0 Å². The highest BCUT2D eigenvalue weighted by atomic mass is 32.2. The third kappa shape index (κ3) is 4.55. The minimum Gasteiger partial charge on any atom is -0.207 e. The molecule has 7 rings (SSSR count). The Balaban J connectivity index is 1.31. The molecule has 10 heteroatoms. The van der Waals surface area contributed by atoms with Crippen molar-refractivity contribution in [3.05, 3.63) is 95.1 Å². The molecule has 37 heavy (non-hydrogen) atoms. The van der Waals surface area contributed by atoms with Crippen LogP contribution in [0.25, 0.3) is 0 Å². The van der Waals surface area contributed by atoms with E-state index in [0.29, 0.717) is 35.7 Å². The van der Waals surface area contributed by atoms with Crippen molar-refractivity contribution >= 4 is 43.6 Å². The van der Waals surface area contributed by atoms with Crippen molar-refractivity contribution in [3.8, 4) is 0 Å². The minimum atomic E-state index is -3.54. The molecular weight excluding hydrogens is 545 g/mol. The van der Waals surface area contributed by atoms with Gasteiger partial charge in [-0.25, -0.2) is 16.8 Å². The van der Waals surface area contributed by atoms with Crippen LogP contribution >= 0.6 is 23.5 Å². The second-order valence-corrected chi connectivity index (χ2v) is 15.5. The molecule has 0 amide bonds. The van der Waals surface area contributed by atoms with Gasteiger partial charge >= 0.3 is 0 Å². The largest absolute Gasteiger partial charge is 0.244 e. The van der Waals surface area contributed by atoms with E-state index in [1.54, 1.807) is 56.4 Å².